The topological polar surface area (TPSA) is 75.5 Å². The van der Waals surface area contributed by atoms with Crippen molar-refractivity contribution in [2.45, 2.75) is 33.2 Å². The number of hydrogen-bond donors (Lipinski definition) is 1. The van der Waals surface area contributed by atoms with Gasteiger partial charge in [0.05, 0.1) is 6.61 Å². The summed E-state index contributed by atoms with van der Waals surface area (Å²) < 4.78 is 5.33. The minimum atomic E-state index is -1.09. The van der Waals surface area contributed by atoms with Crippen LogP contribution in [0.3, 0.4) is 0 Å². The second-order valence-electron chi connectivity index (χ2n) is 4.50. The van der Waals surface area contributed by atoms with Crippen molar-refractivity contribution in [3.8, 4) is 5.88 Å². The van der Waals surface area contributed by atoms with Gasteiger partial charge in [0.25, 0.3) is 0 Å². The molecule has 0 unspecified atom stereocenters. The molecule has 0 radical (unpaired) electrons. The van der Waals surface area contributed by atoms with Gasteiger partial charge >= 0.3 is 5.97 Å². The molecule has 0 aliphatic heterocycles. The molecule has 0 saturated heterocycles. The average Bonchev–Trinajstić information content (AvgIpc) is 2.27. The van der Waals surface area contributed by atoms with Gasteiger partial charge in [-0.15, -0.1) is 0 Å². The number of anilines is 1. The maximum Gasteiger partial charge on any atom is 0.329 e. The molecule has 0 aromatic carbocycles. The van der Waals surface area contributed by atoms with E-state index in [4.69, 9.17) is 4.74 Å². The number of carboxylic acid groups (broad SMARTS) is 1. The third-order valence-corrected chi connectivity index (χ3v) is 2.77. The molecular formula is C12H19N3O3. The molecule has 0 atom stereocenters. The van der Waals surface area contributed by atoms with E-state index in [1.54, 1.807) is 27.0 Å². The minimum Gasteiger partial charge on any atom is -0.480 e. The number of hydrogen-bond acceptors (Lipinski definition) is 5. The third kappa shape index (κ3) is 2.88. The van der Waals surface area contributed by atoms with Crippen molar-refractivity contribution >= 4 is 11.9 Å². The number of aromatic nitrogens is 2. The molecule has 0 aliphatic carbocycles. The molecule has 0 saturated carbocycles. The molecule has 0 spiro atoms. The van der Waals surface area contributed by atoms with Crippen LogP contribution < -0.4 is 9.64 Å². The molecule has 1 aromatic rings. The Labute approximate surface area is 107 Å². The molecule has 100 valence electrons. The Bertz CT molecular complexity index is 446. The molecule has 6 heteroatoms. The lowest BCUT2D eigenvalue weighted by Gasteiger charge is -2.31. The first-order valence-corrected chi connectivity index (χ1v) is 5.74. The van der Waals surface area contributed by atoms with Crippen LogP contribution in [0.4, 0.5) is 5.95 Å². The van der Waals surface area contributed by atoms with E-state index < -0.39 is 11.5 Å². The first-order chi connectivity index (χ1) is 8.28. The summed E-state index contributed by atoms with van der Waals surface area (Å²) in [5.41, 5.74) is -0.353. The number of likely N-dealkylation sites (N-methyl/N-ethyl adjacent to an activating group) is 1. The zero-order valence-corrected chi connectivity index (χ0v) is 11.4. The van der Waals surface area contributed by atoms with Crippen LogP contribution in [0.25, 0.3) is 0 Å². The fraction of sp³-hybridized carbons (Fsp3) is 0.583. The predicted octanol–water partition coefficient (Wildman–Crippen LogP) is 1.48. The van der Waals surface area contributed by atoms with Crippen molar-refractivity contribution in [3.05, 3.63) is 11.8 Å². The smallest absolute Gasteiger partial charge is 0.329 e. The van der Waals surface area contributed by atoms with Crippen LogP contribution in [0.2, 0.25) is 0 Å². The number of rotatable bonds is 5. The number of carbonyl (C=O) groups is 1. The zero-order chi connectivity index (χ0) is 13.9. The van der Waals surface area contributed by atoms with Crippen molar-refractivity contribution in [3.63, 3.8) is 0 Å². The maximum absolute atomic E-state index is 11.2. The number of carboxylic acids is 1. The fourth-order valence-corrected chi connectivity index (χ4v) is 1.29. The summed E-state index contributed by atoms with van der Waals surface area (Å²) in [6.07, 6.45) is 0. The van der Waals surface area contributed by atoms with Crippen LogP contribution in [0.5, 0.6) is 5.88 Å². The van der Waals surface area contributed by atoms with E-state index in [1.807, 2.05) is 13.8 Å². The minimum absolute atomic E-state index is 0.339. The van der Waals surface area contributed by atoms with Gasteiger partial charge in [-0.3, -0.25) is 0 Å². The monoisotopic (exact) mass is 253 g/mol. The Morgan fingerprint density at radius 2 is 2.11 bits per heavy atom. The Kier molecular flexibility index (Phi) is 4.11. The summed E-state index contributed by atoms with van der Waals surface area (Å²) >= 11 is 0. The molecule has 1 aromatic heterocycles. The van der Waals surface area contributed by atoms with Crippen LogP contribution in [0.1, 0.15) is 26.5 Å². The quantitative estimate of drug-likeness (QED) is 0.856. The Morgan fingerprint density at radius 3 is 2.61 bits per heavy atom. The standard InChI is InChI=1S/C12H19N3O3/c1-6-18-9-7-8(2)13-11(14-9)15(5)12(3,4)10(16)17/h7H,6H2,1-5H3,(H,16,17). The van der Waals surface area contributed by atoms with Crippen LogP contribution >= 0.6 is 0 Å². The summed E-state index contributed by atoms with van der Waals surface area (Å²) in [6.45, 7) is 7.38. The normalized spacial score (nSPS) is 11.2. The molecule has 1 heterocycles. The van der Waals surface area contributed by atoms with Crippen molar-refractivity contribution in [2.75, 3.05) is 18.6 Å². The first-order valence-electron chi connectivity index (χ1n) is 5.74. The number of aryl methyl sites for hydroxylation is 1. The van der Waals surface area contributed by atoms with Crippen molar-refractivity contribution in [2.24, 2.45) is 0 Å². The highest BCUT2D eigenvalue weighted by Gasteiger charge is 2.34. The lowest BCUT2D eigenvalue weighted by molar-refractivity contribution is -0.142. The van der Waals surface area contributed by atoms with Gasteiger partial charge in [0, 0.05) is 18.8 Å². The summed E-state index contributed by atoms with van der Waals surface area (Å²) in [6, 6.07) is 1.72. The van der Waals surface area contributed by atoms with Crippen LogP contribution in [0, 0.1) is 6.92 Å². The highest BCUT2D eigenvalue weighted by Crippen LogP contribution is 2.21. The lowest BCUT2D eigenvalue weighted by Crippen LogP contribution is -2.48. The lowest BCUT2D eigenvalue weighted by atomic mass is 10.1. The predicted molar refractivity (Wildman–Crippen MR) is 68.1 cm³/mol. The molecule has 6 nitrogen and oxygen atoms in total. The number of nitrogens with zero attached hydrogens (tertiary/aromatic N) is 3. The van der Waals surface area contributed by atoms with E-state index >= 15 is 0 Å². The van der Waals surface area contributed by atoms with Gasteiger partial charge in [0.15, 0.2) is 0 Å². The fourth-order valence-electron chi connectivity index (χ4n) is 1.29. The summed E-state index contributed by atoms with van der Waals surface area (Å²) in [5, 5.41) is 9.19. The largest absolute Gasteiger partial charge is 0.480 e. The average molecular weight is 253 g/mol. The van der Waals surface area contributed by atoms with Crippen molar-refractivity contribution in [1.82, 2.24) is 9.97 Å². The van der Waals surface area contributed by atoms with E-state index in [2.05, 4.69) is 9.97 Å². The highest BCUT2D eigenvalue weighted by molar-refractivity contribution is 5.81. The zero-order valence-electron chi connectivity index (χ0n) is 11.4. The number of aliphatic carboxylic acids is 1. The summed E-state index contributed by atoms with van der Waals surface area (Å²) in [5.74, 6) is -0.146. The maximum atomic E-state index is 11.2. The van der Waals surface area contributed by atoms with Crippen LogP contribution in [-0.2, 0) is 4.79 Å². The summed E-state index contributed by atoms with van der Waals surface area (Å²) in [4.78, 5) is 21.2. The molecule has 1 rings (SSSR count). The molecule has 18 heavy (non-hydrogen) atoms. The Balaban J connectivity index is 3.12. The SMILES string of the molecule is CCOc1cc(C)nc(N(C)C(C)(C)C(=O)O)n1. The molecule has 0 fully saturated rings. The van der Waals surface area contributed by atoms with Gasteiger partial charge < -0.3 is 14.7 Å². The van der Waals surface area contributed by atoms with E-state index in [1.165, 1.54) is 4.90 Å². The molecular weight excluding hydrogens is 234 g/mol. The number of ether oxygens (including phenoxy) is 1. The molecule has 1 N–H and O–H groups in total. The van der Waals surface area contributed by atoms with Gasteiger partial charge in [-0.25, -0.2) is 9.78 Å². The first kappa shape index (κ1) is 14.2. The second-order valence-corrected chi connectivity index (χ2v) is 4.50. The Hall–Kier alpha value is -1.85. The van der Waals surface area contributed by atoms with Gasteiger partial charge in [0.1, 0.15) is 5.54 Å². The van der Waals surface area contributed by atoms with E-state index in [-0.39, 0.29) is 0 Å². The third-order valence-electron chi connectivity index (χ3n) is 2.77. The molecule has 0 bridgehead atoms. The van der Waals surface area contributed by atoms with Crippen molar-refractivity contribution < 1.29 is 14.6 Å². The van der Waals surface area contributed by atoms with E-state index in [9.17, 15) is 9.90 Å². The van der Waals surface area contributed by atoms with E-state index in [0.717, 1.165) is 5.69 Å². The van der Waals surface area contributed by atoms with Crippen LogP contribution in [-0.4, -0.2) is 40.2 Å². The second kappa shape index (κ2) is 5.20. The van der Waals surface area contributed by atoms with Gasteiger partial charge in [-0.2, -0.15) is 4.98 Å². The van der Waals surface area contributed by atoms with Gasteiger partial charge in [-0.1, -0.05) is 0 Å². The Morgan fingerprint density at radius 1 is 1.50 bits per heavy atom. The van der Waals surface area contributed by atoms with Crippen LogP contribution in [0.15, 0.2) is 6.07 Å². The molecule has 0 amide bonds. The van der Waals surface area contributed by atoms with Gasteiger partial charge in [-0.05, 0) is 27.7 Å². The highest BCUT2D eigenvalue weighted by atomic mass is 16.5. The molecule has 0 aliphatic rings. The summed E-state index contributed by atoms with van der Waals surface area (Å²) in [7, 11) is 1.65. The van der Waals surface area contributed by atoms with Gasteiger partial charge in [0.2, 0.25) is 11.8 Å². The van der Waals surface area contributed by atoms with E-state index in [0.29, 0.717) is 18.4 Å². The van der Waals surface area contributed by atoms with Crippen molar-refractivity contribution in [1.29, 1.82) is 0 Å².